The highest BCUT2D eigenvalue weighted by molar-refractivity contribution is 5.76. The molecule has 5 nitrogen and oxygen atoms in total. The van der Waals surface area contributed by atoms with E-state index in [-0.39, 0.29) is 11.9 Å². The molecule has 2 atom stereocenters. The summed E-state index contributed by atoms with van der Waals surface area (Å²) in [6.07, 6.45) is 5.65. The second-order valence-corrected chi connectivity index (χ2v) is 4.26. The largest absolute Gasteiger partial charge is 0.350 e. The summed E-state index contributed by atoms with van der Waals surface area (Å²) in [5.74, 6) is 0.0317. The van der Waals surface area contributed by atoms with Gasteiger partial charge in [0.25, 0.3) is 0 Å². The van der Waals surface area contributed by atoms with Gasteiger partial charge in [-0.2, -0.15) is 5.10 Å². The normalized spacial score (nSPS) is 25.3. The van der Waals surface area contributed by atoms with Crippen LogP contribution in [0.4, 0.5) is 0 Å². The second kappa shape index (κ2) is 5.12. The van der Waals surface area contributed by atoms with Gasteiger partial charge in [-0.3, -0.25) is 9.48 Å². The summed E-state index contributed by atoms with van der Waals surface area (Å²) in [4.78, 5) is 11.7. The fraction of sp³-hybridized carbons (Fsp3) is 0.636. The Labute approximate surface area is 95.2 Å². The minimum absolute atomic E-state index is 0.0317. The summed E-state index contributed by atoms with van der Waals surface area (Å²) in [5.41, 5.74) is 0. The van der Waals surface area contributed by atoms with Gasteiger partial charge in [0, 0.05) is 24.5 Å². The first-order valence-electron chi connectivity index (χ1n) is 5.76. The standard InChI is InChI=1S/C11H18N4O/c1-9-10(4-2-5-12-9)14-11(16)8-15-7-3-6-13-15/h3,6-7,9-10,12H,2,4-5,8H2,1H3,(H,14,16). The molecule has 2 N–H and O–H groups in total. The monoisotopic (exact) mass is 222 g/mol. The van der Waals surface area contributed by atoms with E-state index in [9.17, 15) is 4.79 Å². The van der Waals surface area contributed by atoms with E-state index in [4.69, 9.17) is 0 Å². The van der Waals surface area contributed by atoms with Crippen LogP contribution in [0.3, 0.4) is 0 Å². The third-order valence-electron chi connectivity index (χ3n) is 2.97. The van der Waals surface area contributed by atoms with Crippen molar-refractivity contribution < 1.29 is 4.79 Å². The molecule has 5 heteroatoms. The summed E-state index contributed by atoms with van der Waals surface area (Å²) < 4.78 is 1.64. The highest BCUT2D eigenvalue weighted by atomic mass is 16.2. The lowest BCUT2D eigenvalue weighted by Crippen LogP contribution is -2.52. The van der Waals surface area contributed by atoms with E-state index >= 15 is 0 Å². The zero-order valence-electron chi connectivity index (χ0n) is 9.52. The van der Waals surface area contributed by atoms with E-state index in [1.54, 1.807) is 17.1 Å². The number of hydrogen-bond acceptors (Lipinski definition) is 3. The van der Waals surface area contributed by atoms with Gasteiger partial charge in [0.1, 0.15) is 6.54 Å². The third-order valence-corrected chi connectivity index (χ3v) is 2.97. The number of nitrogens with zero attached hydrogens (tertiary/aromatic N) is 2. The summed E-state index contributed by atoms with van der Waals surface area (Å²) in [6, 6.07) is 2.42. The van der Waals surface area contributed by atoms with Crippen LogP contribution in [0.2, 0.25) is 0 Å². The van der Waals surface area contributed by atoms with E-state index in [0.717, 1.165) is 19.4 Å². The van der Waals surface area contributed by atoms with Crippen molar-refractivity contribution in [1.29, 1.82) is 0 Å². The molecule has 1 saturated heterocycles. The van der Waals surface area contributed by atoms with Crippen LogP contribution in [0.15, 0.2) is 18.5 Å². The number of hydrogen-bond donors (Lipinski definition) is 2. The molecular formula is C11H18N4O. The highest BCUT2D eigenvalue weighted by Crippen LogP contribution is 2.07. The predicted molar refractivity (Wildman–Crippen MR) is 60.9 cm³/mol. The van der Waals surface area contributed by atoms with Gasteiger partial charge >= 0.3 is 0 Å². The van der Waals surface area contributed by atoms with Crippen LogP contribution < -0.4 is 10.6 Å². The number of nitrogens with one attached hydrogen (secondary N) is 2. The molecule has 0 spiro atoms. The average Bonchev–Trinajstić information content (AvgIpc) is 2.74. The molecule has 0 aliphatic carbocycles. The minimum Gasteiger partial charge on any atom is -0.350 e. The van der Waals surface area contributed by atoms with Crippen molar-refractivity contribution in [2.75, 3.05) is 6.54 Å². The van der Waals surface area contributed by atoms with Crippen molar-refractivity contribution in [3.63, 3.8) is 0 Å². The van der Waals surface area contributed by atoms with Gasteiger partial charge in [0.15, 0.2) is 0 Å². The maximum atomic E-state index is 11.7. The second-order valence-electron chi connectivity index (χ2n) is 4.26. The summed E-state index contributed by atoms with van der Waals surface area (Å²) in [5, 5.41) is 10.4. The number of aromatic nitrogens is 2. The van der Waals surface area contributed by atoms with Crippen molar-refractivity contribution in [3.8, 4) is 0 Å². The molecule has 0 aromatic carbocycles. The molecule has 0 saturated carbocycles. The Hall–Kier alpha value is -1.36. The van der Waals surface area contributed by atoms with Gasteiger partial charge in [-0.15, -0.1) is 0 Å². The van der Waals surface area contributed by atoms with E-state index in [1.807, 2.05) is 6.07 Å². The maximum Gasteiger partial charge on any atom is 0.242 e. The van der Waals surface area contributed by atoms with Crippen molar-refractivity contribution in [2.45, 2.75) is 38.4 Å². The van der Waals surface area contributed by atoms with Gasteiger partial charge < -0.3 is 10.6 Å². The molecule has 1 amide bonds. The van der Waals surface area contributed by atoms with Crippen molar-refractivity contribution in [2.24, 2.45) is 0 Å². The van der Waals surface area contributed by atoms with Crippen LogP contribution in [0.1, 0.15) is 19.8 Å². The maximum absolute atomic E-state index is 11.7. The fourth-order valence-electron chi connectivity index (χ4n) is 2.03. The molecule has 1 aliphatic rings. The topological polar surface area (TPSA) is 58.9 Å². The van der Waals surface area contributed by atoms with Crippen LogP contribution in [0.5, 0.6) is 0 Å². The Bertz CT molecular complexity index is 336. The number of carbonyl (C=O) groups is 1. The molecule has 1 fully saturated rings. The summed E-state index contributed by atoms with van der Waals surface area (Å²) >= 11 is 0. The van der Waals surface area contributed by atoms with Crippen LogP contribution in [-0.4, -0.2) is 34.3 Å². The first-order chi connectivity index (χ1) is 7.75. The first-order valence-corrected chi connectivity index (χ1v) is 5.76. The Kier molecular flexibility index (Phi) is 3.56. The van der Waals surface area contributed by atoms with E-state index in [2.05, 4.69) is 22.7 Å². The van der Waals surface area contributed by atoms with Gasteiger partial charge in [0.05, 0.1) is 0 Å². The van der Waals surface area contributed by atoms with E-state index in [0.29, 0.717) is 12.6 Å². The van der Waals surface area contributed by atoms with E-state index < -0.39 is 0 Å². The molecule has 0 radical (unpaired) electrons. The van der Waals surface area contributed by atoms with Gasteiger partial charge in [-0.25, -0.2) is 0 Å². The van der Waals surface area contributed by atoms with Crippen molar-refractivity contribution in [3.05, 3.63) is 18.5 Å². The average molecular weight is 222 g/mol. The first kappa shape index (κ1) is 11.1. The quantitative estimate of drug-likeness (QED) is 0.765. The molecule has 1 aliphatic heterocycles. The summed E-state index contributed by atoms with van der Waals surface area (Å²) in [7, 11) is 0. The SMILES string of the molecule is CC1NCCCC1NC(=O)Cn1cccn1. The molecule has 88 valence electrons. The number of carbonyl (C=O) groups excluding carboxylic acids is 1. The van der Waals surface area contributed by atoms with Crippen LogP contribution in [0.25, 0.3) is 0 Å². The molecule has 1 aromatic heterocycles. The Balaban J connectivity index is 1.82. The molecule has 0 bridgehead atoms. The molecular weight excluding hydrogens is 204 g/mol. The van der Waals surface area contributed by atoms with Crippen molar-refractivity contribution >= 4 is 5.91 Å². The number of rotatable bonds is 3. The molecule has 1 aromatic rings. The Morgan fingerprint density at radius 2 is 2.56 bits per heavy atom. The number of amides is 1. The summed E-state index contributed by atoms with van der Waals surface area (Å²) in [6.45, 7) is 3.46. The zero-order valence-corrected chi connectivity index (χ0v) is 9.52. The highest BCUT2D eigenvalue weighted by Gasteiger charge is 2.22. The Morgan fingerprint density at radius 1 is 1.69 bits per heavy atom. The lowest BCUT2D eigenvalue weighted by molar-refractivity contribution is -0.122. The molecule has 16 heavy (non-hydrogen) atoms. The number of piperidine rings is 1. The minimum atomic E-state index is 0.0317. The zero-order chi connectivity index (χ0) is 11.4. The smallest absolute Gasteiger partial charge is 0.242 e. The molecule has 2 heterocycles. The van der Waals surface area contributed by atoms with Gasteiger partial charge in [-0.05, 0) is 32.4 Å². The molecule has 2 unspecified atom stereocenters. The fourth-order valence-corrected chi connectivity index (χ4v) is 2.03. The predicted octanol–water partition coefficient (Wildman–Crippen LogP) is 0.140. The molecule has 2 rings (SSSR count). The van der Waals surface area contributed by atoms with Gasteiger partial charge in [-0.1, -0.05) is 0 Å². The lowest BCUT2D eigenvalue weighted by atomic mass is 10.00. The van der Waals surface area contributed by atoms with Crippen LogP contribution in [0, 0.1) is 0 Å². The van der Waals surface area contributed by atoms with Crippen LogP contribution >= 0.6 is 0 Å². The van der Waals surface area contributed by atoms with Crippen LogP contribution in [-0.2, 0) is 11.3 Å². The lowest BCUT2D eigenvalue weighted by Gasteiger charge is -2.30. The van der Waals surface area contributed by atoms with E-state index in [1.165, 1.54) is 0 Å². The third kappa shape index (κ3) is 2.82. The van der Waals surface area contributed by atoms with Crippen molar-refractivity contribution in [1.82, 2.24) is 20.4 Å². The Morgan fingerprint density at radius 3 is 3.25 bits per heavy atom. The van der Waals surface area contributed by atoms with Gasteiger partial charge in [0.2, 0.25) is 5.91 Å².